The van der Waals surface area contributed by atoms with Gasteiger partial charge in [0, 0.05) is 20.1 Å². The summed E-state index contributed by atoms with van der Waals surface area (Å²) in [5.74, 6) is -0.466. The Labute approximate surface area is 163 Å². The molecule has 3 atom stereocenters. The maximum atomic E-state index is 13.0. The third-order valence-corrected chi connectivity index (χ3v) is 8.40. The van der Waals surface area contributed by atoms with Crippen molar-refractivity contribution in [1.29, 1.82) is 0 Å². The van der Waals surface area contributed by atoms with Crippen LogP contribution in [0.5, 0.6) is 0 Å². The molecule has 0 aliphatic carbocycles. The van der Waals surface area contributed by atoms with Gasteiger partial charge in [-0.05, 0) is 18.6 Å². The highest BCUT2D eigenvalue weighted by Gasteiger charge is 2.56. The minimum absolute atomic E-state index is 0.0599. The average molecular weight is 407 g/mol. The highest BCUT2D eigenvalue weighted by atomic mass is 32.2. The van der Waals surface area contributed by atoms with Gasteiger partial charge >= 0.3 is 0 Å². The van der Waals surface area contributed by atoms with Crippen LogP contribution >= 0.6 is 11.3 Å². The molecule has 1 amide bonds. The molecule has 3 heterocycles. The Morgan fingerprint density at radius 3 is 2.85 bits per heavy atom. The van der Waals surface area contributed by atoms with Crippen molar-refractivity contribution in [3.63, 3.8) is 0 Å². The molecule has 2 aliphatic rings. The Hall–Kier alpha value is -1.81. The molecule has 2 fully saturated rings. The standard InChI is InChI=1S/C18H22N4O3S2/c1-4-10-20(3)27(24,25)21-11-9-14-16(21)12(2)17(23)22(14)18-19-13-7-5-6-8-15(13)26-18/h4-8,12,14,16H,1,9-11H2,2-3H3/t12-,14-,16+/m0/s1. The van der Waals surface area contributed by atoms with Gasteiger partial charge in [-0.15, -0.1) is 6.58 Å². The molecule has 27 heavy (non-hydrogen) atoms. The number of likely N-dealkylation sites (N-methyl/N-ethyl adjacent to an activating group) is 1. The Balaban J connectivity index is 1.69. The molecule has 0 radical (unpaired) electrons. The number of carbonyl (C=O) groups is 1. The summed E-state index contributed by atoms with van der Waals surface area (Å²) in [6, 6.07) is 7.21. The zero-order chi connectivity index (χ0) is 19.3. The molecule has 4 rings (SSSR count). The van der Waals surface area contributed by atoms with Gasteiger partial charge in [0.25, 0.3) is 10.2 Å². The maximum absolute atomic E-state index is 13.0. The lowest BCUT2D eigenvalue weighted by Gasteiger charge is -2.29. The fourth-order valence-electron chi connectivity index (χ4n) is 4.09. The molecule has 0 spiro atoms. The number of carbonyl (C=O) groups excluding carboxylic acids is 1. The number of benzene rings is 1. The van der Waals surface area contributed by atoms with E-state index in [1.165, 1.54) is 27.0 Å². The summed E-state index contributed by atoms with van der Waals surface area (Å²) < 4.78 is 29.7. The Bertz CT molecular complexity index is 970. The minimum atomic E-state index is -3.64. The Kier molecular flexibility index (Phi) is 4.58. The zero-order valence-corrected chi connectivity index (χ0v) is 16.9. The van der Waals surface area contributed by atoms with Crippen LogP contribution in [0.1, 0.15) is 13.3 Å². The normalized spacial score (nSPS) is 26.3. The number of hydrogen-bond donors (Lipinski definition) is 0. The number of aromatic nitrogens is 1. The van der Waals surface area contributed by atoms with E-state index in [0.717, 1.165) is 10.2 Å². The smallest absolute Gasteiger partial charge is 0.282 e. The van der Waals surface area contributed by atoms with Crippen molar-refractivity contribution >= 4 is 42.8 Å². The van der Waals surface area contributed by atoms with Crippen LogP contribution in [0.4, 0.5) is 5.13 Å². The van der Waals surface area contributed by atoms with Crippen LogP contribution in [0.2, 0.25) is 0 Å². The first-order valence-corrected chi connectivity index (χ1v) is 11.1. The van der Waals surface area contributed by atoms with Crippen molar-refractivity contribution in [3.8, 4) is 0 Å². The Morgan fingerprint density at radius 2 is 2.15 bits per heavy atom. The number of anilines is 1. The van der Waals surface area contributed by atoms with Crippen LogP contribution in [0, 0.1) is 5.92 Å². The fourth-order valence-corrected chi connectivity index (χ4v) is 6.74. The lowest BCUT2D eigenvalue weighted by Crippen LogP contribution is -2.47. The number of nitrogens with zero attached hydrogens (tertiary/aromatic N) is 4. The zero-order valence-electron chi connectivity index (χ0n) is 15.3. The topological polar surface area (TPSA) is 73.8 Å². The molecule has 1 aromatic carbocycles. The van der Waals surface area contributed by atoms with E-state index in [2.05, 4.69) is 11.6 Å². The van der Waals surface area contributed by atoms with E-state index >= 15 is 0 Å². The second kappa shape index (κ2) is 6.66. The average Bonchev–Trinajstić information content (AvgIpc) is 3.30. The number of hydrogen-bond acceptors (Lipinski definition) is 5. The molecule has 7 nitrogen and oxygen atoms in total. The van der Waals surface area contributed by atoms with Gasteiger partial charge in [0.05, 0.1) is 28.2 Å². The molecule has 9 heteroatoms. The third kappa shape index (κ3) is 2.80. The van der Waals surface area contributed by atoms with Gasteiger partial charge in [-0.3, -0.25) is 9.69 Å². The fraction of sp³-hybridized carbons (Fsp3) is 0.444. The van der Waals surface area contributed by atoms with Crippen LogP contribution in [0.25, 0.3) is 10.2 Å². The van der Waals surface area contributed by atoms with E-state index in [1.807, 2.05) is 31.2 Å². The number of thiazole rings is 1. The van der Waals surface area contributed by atoms with E-state index < -0.39 is 16.1 Å². The number of para-hydroxylation sites is 1. The molecule has 0 bridgehead atoms. The van der Waals surface area contributed by atoms with Crippen LogP contribution < -0.4 is 4.90 Å². The summed E-state index contributed by atoms with van der Waals surface area (Å²) in [6.45, 7) is 6.06. The third-order valence-electron chi connectivity index (χ3n) is 5.41. The lowest BCUT2D eigenvalue weighted by molar-refractivity contribution is -0.120. The van der Waals surface area contributed by atoms with E-state index in [-0.39, 0.29) is 24.5 Å². The van der Waals surface area contributed by atoms with Gasteiger partial charge in [-0.1, -0.05) is 36.5 Å². The first kappa shape index (κ1) is 18.5. The molecule has 2 saturated heterocycles. The lowest BCUT2D eigenvalue weighted by atomic mass is 10.0. The number of fused-ring (bicyclic) bond motifs is 2. The molecule has 2 aromatic rings. The summed E-state index contributed by atoms with van der Waals surface area (Å²) in [4.78, 5) is 19.4. The van der Waals surface area contributed by atoms with Crippen LogP contribution in [0.3, 0.4) is 0 Å². The summed E-state index contributed by atoms with van der Waals surface area (Å²) >= 11 is 1.47. The van der Waals surface area contributed by atoms with Gasteiger partial charge in [-0.2, -0.15) is 17.0 Å². The minimum Gasteiger partial charge on any atom is -0.283 e. The summed E-state index contributed by atoms with van der Waals surface area (Å²) in [5, 5.41) is 0.652. The van der Waals surface area contributed by atoms with Crippen molar-refractivity contribution < 1.29 is 13.2 Å². The predicted octanol–water partition coefficient (Wildman–Crippen LogP) is 2.08. The molecule has 0 saturated carbocycles. The number of amides is 1. The first-order valence-electron chi connectivity index (χ1n) is 8.89. The largest absolute Gasteiger partial charge is 0.283 e. The van der Waals surface area contributed by atoms with Crippen LogP contribution in [-0.2, 0) is 15.0 Å². The molecule has 2 aliphatic heterocycles. The molecular weight excluding hydrogens is 384 g/mol. The van der Waals surface area contributed by atoms with Gasteiger partial charge in [0.15, 0.2) is 5.13 Å². The predicted molar refractivity (Wildman–Crippen MR) is 107 cm³/mol. The summed E-state index contributed by atoms with van der Waals surface area (Å²) in [5.41, 5.74) is 0.856. The van der Waals surface area contributed by atoms with E-state index in [4.69, 9.17) is 0 Å². The monoisotopic (exact) mass is 406 g/mol. The molecule has 0 N–H and O–H groups in total. The van der Waals surface area contributed by atoms with Gasteiger partial charge in [0.2, 0.25) is 5.91 Å². The second-order valence-electron chi connectivity index (χ2n) is 7.00. The molecule has 0 unspecified atom stereocenters. The van der Waals surface area contributed by atoms with Crippen LogP contribution in [0.15, 0.2) is 36.9 Å². The maximum Gasteiger partial charge on any atom is 0.282 e. The van der Waals surface area contributed by atoms with Gasteiger partial charge in [-0.25, -0.2) is 4.98 Å². The van der Waals surface area contributed by atoms with E-state index in [1.54, 1.807) is 11.0 Å². The quantitative estimate of drug-likeness (QED) is 0.713. The van der Waals surface area contributed by atoms with Crippen molar-refractivity contribution in [2.45, 2.75) is 25.4 Å². The second-order valence-corrected chi connectivity index (χ2v) is 9.99. The van der Waals surface area contributed by atoms with Crippen molar-refractivity contribution in [2.75, 3.05) is 25.0 Å². The molecule has 1 aromatic heterocycles. The van der Waals surface area contributed by atoms with Crippen molar-refractivity contribution in [2.24, 2.45) is 5.92 Å². The van der Waals surface area contributed by atoms with Crippen molar-refractivity contribution in [3.05, 3.63) is 36.9 Å². The first-order chi connectivity index (χ1) is 12.9. The summed E-state index contributed by atoms with van der Waals surface area (Å²) in [7, 11) is -2.10. The van der Waals surface area contributed by atoms with Gasteiger partial charge in [0.1, 0.15) is 0 Å². The SMILES string of the molecule is C=CCN(C)S(=O)(=O)N1CC[C@H]2[C@H]1[C@H](C)C(=O)N2c1nc2ccccc2s1. The highest BCUT2D eigenvalue weighted by Crippen LogP contribution is 2.42. The molecular formula is C18H22N4O3S2. The molecule has 144 valence electrons. The number of rotatable bonds is 5. The highest BCUT2D eigenvalue weighted by molar-refractivity contribution is 7.86. The Morgan fingerprint density at radius 1 is 1.41 bits per heavy atom. The van der Waals surface area contributed by atoms with Crippen LogP contribution in [-0.4, -0.2) is 60.1 Å². The summed E-state index contributed by atoms with van der Waals surface area (Å²) in [6.07, 6.45) is 2.17. The van der Waals surface area contributed by atoms with Crippen molar-refractivity contribution in [1.82, 2.24) is 13.6 Å². The van der Waals surface area contributed by atoms with E-state index in [0.29, 0.717) is 18.1 Å². The van der Waals surface area contributed by atoms with E-state index in [9.17, 15) is 13.2 Å². The van der Waals surface area contributed by atoms with Gasteiger partial charge < -0.3 is 0 Å².